The first kappa shape index (κ1) is 12.0. The molecule has 0 aliphatic rings. The summed E-state index contributed by atoms with van der Waals surface area (Å²) in [4.78, 5) is 20.7. The van der Waals surface area contributed by atoms with Gasteiger partial charge in [-0.05, 0) is 12.5 Å². The minimum absolute atomic E-state index is 0.397. The molecule has 96 valence electrons. The van der Waals surface area contributed by atoms with Gasteiger partial charge in [-0.25, -0.2) is 9.97 Å². The van der Waals surface area contributed by atoms with Crippen molar-refractivity contribution in [1.29, 1.82) is 0 Å². The molecule has 2 heterocycles. The molecule has 0 fully saturated rings. The van der Waals surface area contributed by atoms with E-state index in [1.165, 1.54) is 0 Å². The lowest BCUT2D eigenvalue weighted by atomic mass is 10.1. The zero-order valence-corrected chi connectivity index (χ0v) is 11.1. The van der Waals surface area contributed by atoms with Crippen molar-refractivity contribution >= 4 is 37.6 Å². The van der Waals surface area contributed by atoms with Gasteiger partial charge < -0.3 is 5.11 Å². The van der Waals surface area contributed by atoms with E-state index in [0.717, 1.165) is 20.3 Å². The highest BCUT2D eigenvalue weighted by atomic mass is 32.1. The molecule has 4 nitrogen and oxygen atoms in total. The lowest BCUT2D eigenvalue weighted by molar-refractivity contribution is -0.139. The predicted octanol–water partition coefficient (Wildman–Crippen LogP) is 3.42. The molecule has 1 aromatic carbocycles. The number of carbonyl (C=O) groups is 1. The van der Waals surface area contributed by atoms with Crippen LogP contribution < -0.4 is 0 Å². The molecule has 3 aromatic rings. The molecule has 1 atom stereocenters. The molecule has 2 aromatic heterocycles. The zero-order chi connectivity index (χ0) is 13.4. The van der Waals surface area contributed by atoms with Gasteiger partial charge in [0.15, 0.2) is 0 Å². The molecule has 0 spiro atoms. The second kappa shape index (κ2) is 4.59. The molecule has 0 aliphatic heterocycles. The summed E-state index contributed by atoms with van der Waals surface area (Å²) in [5, 5.41) is 11.3. The van der Waals surface area contributed by atoms with Gasteiger partial charge in [0.2, 0.25) is 0 Å². The van der Waals surface area contributed by atoms with Gasteiger partial charge in [0.05, 0.1) is 0 Å². The Kier molecular flexibility index (Phi) is 2.91. The van der Waals surface area contributed by atoms with Crippen molar-refractivity contribution in [1.82, 2.24) is 9.97 Å². The number of aromatic nitrogens is 2. The first-order valence-corrected chi connectivity index (χ1v) is 6.89. The Labute approximate surface area is 113 Å². The maximum Gasteiger partial charge on any atom is 0.314 e. The van der Waals surface area contributed by atoms with Crippen molar-refractivity contribution in [2.24, 2.45) is 0 Å². The van der Waals surface area contributed by atoms with E-state index in [-0.39, 0.29) is 0 Å². The van der Waals surface area contributed by atoms with Crippen LogP contribution in [0.2, 0.25) is 0 Å². The number of benzene rings is 1. The van der Waals surface area contributed by atoms with Crippen LogP contribution in [-0.4, -0.2) is 21.0 Å². The fraction of sp³-hybridized carbons (Fsp3) is 0.214. The Hall–Kier alpha value is -2.01. The van der Waals surface area contributed by atoms with E-state index in [4.69, 9.17) is 5.11 Å². The van der Waals surface area contributed by atoms with Crippen LogP contribution in [0.25, 0.3) is 20.3 Å². The Morgan fingerprint density at radius 3 is 2.89 bits per heavy atom. The molecule has 5 heteroatoms. The number of carboxylic acid groups (broad SMARTS) is 1. The van der Waals surface area contributed by atoms with Crippen LogP contribution in [0, 0.1) is 0 Å². The molecule has 0 amide bonds. The topological polar surface area (TPSA) is 63.1 Å². The fourth-order valence-electron chi connectivity index (χ4n) is 2.16. The molecule has 0 bridgehead atoms. The maximum atomic E-state index is 11.2. The van der Waals surface area contributed by atoms with Crippen LogP contribution >= 0.6 is 11.3 Å². The van der Waals surface area contributed by atoms with Crippen LogP contribution in [-0.2, 0) is 4.79 Å². The van der Waals surface area contributed by atoms with Crippen molar-refractivity contribution in [3.63, 3.8) is 0 Å². The second-order valence-corrected chi connectivity index (χ2v) is 5.37. The number of aliphatic carboxylic acids is 1. The summed E-state index contributed by atoms with van der Waals surface area (Å²) in [6, 6.07) is 8.04. The molecule has 19 heavy (non-hydrogen) atoms. The Morgan fingerprint density at radius 2 is 2.16 bits per heavy atom. The first-order valence-electron chi connectivity index (χ1n) is 6.07. The van der Waals surface area contributed by atoms with Crippen LogP contribution in [0.1, 0.15) is 25.1 Å². The van der Waals surface area contributed by atoms with Crippen LogP contribution in [0.3, 0.4) is 0 Å². The highest BCUT2D eigenvalue weighted by Crippen LogP contribution is 2.32. The fourth-order valence-corrected chi connectivity index (χ4v) is 3.21. The number of hydrogen-bond acceptors (Lipinski definition) is 4. The summed E-state index contributed by atoms with van der Waals surface area (Å²) in [5.74, 6) is -1.10. The third-order valence-corrected chi connectivity index (χ3v) is 4.25. The van der Waals surface area contributed by atoms with E-state index in [1.807, 2.05) is 31.2 Å². The molecule has 1 unspecified atom stereocenters. The van der Waals surface area contributed by atoms with E-state index < -0.39 is 11.9 Å². The molecule has 1 N–H and O–H groups in total. The zero-order valence-electron chi connectivity index (χ0n) is 10.3. The van der Waals surface area contributed by atoms with E-state index >= 15 is 0 Å². The van der Waals surface area contributed by atoms with Crippen molar-refractivity contribution < 1.29 is 9.90 Å². The molecule has 0 aliphatic carbocycles. The van der Waals surface area contributed by atoms with Crippen molar-refractivity contribution in [2.45, 2.75) is 19.3 Å². The normalized spacial score (nSPS) is 12.9. The lowest BCUT2D eigenvalue weighted by Crippen LogP contribution is -2.13. The minimum Gasteiger partial charge on any atom is -0.481 e. The molecule has 0 saturated heterocycles. The minimum atomic E-state index is -0.872. The third kappa shape index (κ3) is 1.96. The highest BCUT2D eigenvalue weighted by molar-refractivity contribution is 7.25. The molecule has 0 saturated carbocycles. The average Bonchev–Trinajstić information content (AvgIpc) is 2.76. The quantitative estimate of drug-likeness (QED) is 0.793. The van der Waals surface area contributed by atoms with Gasteiger partial charge in [0, 0.05) is 21.7 Å². The number of hydrogen-bond donors (Lipinski definition) is 1. The number of rotatable bonds is 3. The van der Waals surface area contributed by atoms with Crippen LogP contribution in [0.4, 0.5) is 0 Å². The first-order chi connectivity index (χ1) is 9.20. The van der Waals surface area contributed by atoms with Gasteiger partial charge >= 0.3 is 5.97 Å². The smallest absolute Gasteiger partial charge is 0.314 e. The summed E-state index contributed by atoms with van der Waals surface area (Å²) in [5.41, 5.74) is 0. The van der Waals surface area contributed by atoms with Gasteiger partial charge in [0.25, 0.3) is 0 Å². The summed E-state index contributed by atoms with van der Waals surface area (Å²) >= 11 is 1.57. The predicted molar refractivity (Wildman–Crippen MR) is 75.6 cm³/mol. The van der Waals surface area contributed by atoms with Crippen molar-refractivity contribution in [3.8, 4) is 0 Å². The highest BCUT2D eigenvalue weighted by Gasteiger charge is 2.21. The Bertz CT molecular complexity index is 766. The third-order valence-electron chi connectivity index (χ3n) is 3.17. The summed E-state index contributed by atoms with van der Waals surface area (Å²) < 4.78 is 1.15. The van der Waals surface area contributed by atoms with Gasteiger partial charge in [-0.15, -0.1) is 11.3 Å². The van der Waals surface area contributed by atoms with Gasteiger partial charge in [-0.1, -0.05) is 25.1 Å². The molecular formula is C14H12N2O2S. The Balaban J connectivity index is 2.21. The number of thiophene rings is 1. The summed E-state index contributed by atoms with van der Waals surface area (Å²) in [6.07, 6.45) is 2.23. The maximum absolute atomic E-state index is 11.2. The number of carboxylic acids is 1. The molecule has 0 radical (unpaired) electrons. The number of fused-ring (bicyclic) bond motifs is 3. The SMILES string of the molecule is CCC(C(=O)O)c1ncc2c(n1)sc1ccccc12. The summed E-state index contributed by atoms with van der Waals surface area (Å²) in [7, 11) is 0. The number of nitrogens with zero attached hydrogens (tertiary/aromatic N) is 2. The lowest BCUT2D eigenvalue weighted by Gasteiger charge is -2.07. The summed E-state index contributed by atoms with van der Waals surface area (Å²) in [6.45, 7) is 1.83. The largest absolute Gasteiger partial charge is 0.481 e. The van der Waals surface area contributed by atoms with Crippen LogP contribution in [0.15, 0.2) is 30.5 Å². The molecular weight excluding hydrogens is 260 g/mol. The Morgan fingerprint density at radius 1 is 1.37 bits per heavy atom. The van der Waals surface area contributed by atoms with E-state index in [9.17, 15) is 4.79 Å². The van der Waals surface area contributed by atoms with E-state index in [1.54, 1.807) is 17.5 Å². The van der Waals surface area contributed by atoms with Crippen molar-refractivity contribution in [3.05, 3.63) is 36.3 Å². The van der Waals surface area contributed by atoms with Gasteiger partial charge in [-0.3, -0.25) is 4.79 Å². The van der Waals surface area contributed by atoms with Crippen molar-refractivity contribution in [2.75, 3.05) is 0 Å². The van der Waals surface area contributed by atoms with E-state index in [2.05, 4.69) is 9.97 Å². The second-order valence-electron chi connectivity index (χ2n) is 4.34. The van der Waals surface area contributed by atoms with Gasteiger partial charge in [0.1, 0.15) is 16.6 Å². The molecule has 3 rings (SSSR count). The average molecular weight is 272 g/mol. The van der Waals surface area contributed by atoms with Gasteiger partial charge in [-0.2, -0.15) is 0 Å². The van der Waals surface area contributed by atoms with Crippen LogP contribution in [0.5, 0.6) is 0 Å². The van der Waals surface area contributed by atoms with E-state index in [0.29, 0.717) is 12.2 Å². The standard InChI is InChI=1S/C14H12N2O2S/c1-2-8(14(17)18)12-15-7-10-9-5-3-4-6-11(9)19-13(10)16-12/h3-8H,2H2,1H3,(H,17,18). The monoisotopic (exact) mass is 272 g/mol.